The van der Waals surface area contributed by atoms with Gasteiger partial charge in [-0.2, -0.15) is 0 Å². The summed E-state index contributed by atoms with van der Waals surface area (Å²) in [6.45, 7) is 0. The van der Waals surface area contributed by atoms with Crippen LogP contribution in [0, 0.1) is 0 Å². The fourth-order valence-electron chi connectivity index (χ4n) is 1.48. The number of aromatic amines is 1. The monoisotopic (exact) mass is 255 g/mol. The van der Waals surface area contributed by atoms with Gasteiger partial charge in [-0.3, -0.25) is 0 Å². The van der Waals surface area contributed by atoms with Crippen LogP contribution in [0.1, 0.15) is 17.4 Å². The summed E-state index contributed by atoms with van der Waals surface area (Å²) in [7, 11) is 0. The Labute approximate surface area is 104 Å². The van der Waals surface area contributed by atoms with Crippen molar-refractivity contribution >= 4 is 23.2 Å². The zero-order chi connectivity index (χ0) is 11.5. The Bertz CT molecular complexity index is 468. The maximum atomic E-state index is 6.04. The number of benzene rings is 1. The van der Waals surface area contributed by atoms with Gasteiger partial charge in [-0.25, -0.2) is 4.98 Å². The molecule has 1 aromatic heterocycles. The Kier molecular flexibility index (Phi) is 3.49. The van der Waals surface area contributed by atoms with Crippen LogP contribution >= 0.6 is 23.2 Å². The molecule has 2 aromatic rings. The molecule has 3 nitrogen and oxygen atoms in total. The number of halogens is 2. The molecule has 1 aromatic carbocycles. The molecule has 0 saturated carbocycles. The Morgan fingerprint density at radius 3 is 2.75 bits per heavy atom. The van der Waals surface area contributed by atoms with Crippen molar-refractivity contribution < 1.29 is 0 Å². The van der Waals surface area contributed by atoms with Gasteiger partial charge in [-0.15, -0.1) is 0 Å². The van der Waals surface area contributed by atoms with E-state index in [4.69, 9.17) is 28.9 Å². The van der Waals surface area contributed by atoms with Gasteiger partial charge in [0.25, 0.3) is 0 Å². The normalized spacial score (nSPS) is 12.7. The van der Waals surface area contributed by atoms with E-state index in [-0.39, 0.29) is 6.04 Å². The number of aromatic nitrogens is 2. The van der Waals surface area contributed by atoms with Crippen LogP contribution < -0.4 is 5.73 Å². The number of rotatable bonds is 3. The Morgan fingerprint density at radius 2 is 2.12 bits per heavy atom. The first-order valence-electron chi connectivity index (χ1n) is 4.85. The third-order valence-corrected chi connectivity index (χ3v) is 3.08. The predicted molar refractivity (Wildman–Crippen MR) is 65.7 cm³/mol. The van der Waals surface area contributed by atoms with Crippen LogP contribution in [0.25, 0.3) is 0 Å². The minimum absolute atomic E-state index is 0.138. The fraction of sp³-hybridized carbons (Fsp3) is 0.182. The number of imidazole rings is 1. The van der Waals surface area contributed by atoms with Gasteiger partial charge in [0, 0.05) is 24.9 Å². The second-order valence-corrected chi connectivity index (χ2v) is 4.33. The van der Waals surface area contributed by atoms with Crippen molar-refractivity contribution in [3.05, 3.63) is 52.0 Å². The van der Waals surface area contributed by atoms with Crippen LogP contribution in [0.15, 0.2) is 30.6 Å². The molecule has 1 atom stereocenters. The molecule has 0 aliphatic rings. The van der Waals surface area contributed by atoms with Gasteiger partial charge in [0.15, 0.2) is 0 Å². The zero-order valence-corrected chi connectivity index (χ0v) is 9.96. The van der Waals surface area contributed by atoms with Crippen molar-refractivity contribution in [3.63, 3.8) is 0 Å². The smallest absolute Gasteiger partial charge is 0.107 e. The first-order chi connectivity index (χ1) is 7.66. The molecule has 1 unspecified atom stereocenters. The van der Waals surface area contributed by atoms with Gasteiger partial charge in [-0.05, 0) is 17.7 Å². The van der Waals surface area contributed by atoms with E-state index in [0.29, 0.717) is 16.5 Å². The summed E-state index contributed by atoms with van der Waals surface area (Å²) in [4.78, 5) is 7.14. The van der Waals surface area contributed by atoms with Gasteiger partial charge >= 0.3 is 0 Å². The number of nitrogens with one attached hydrogen (secondary N) is 1. The summed E-state index contributed by atoms with van der Waals surface area (Å²) < 4.78 is 0. The predicted octanol–water partition coefficient (Wildman–Crippen LogP) is 2.96. The van der Waals surface area contributed by atoms with Crippen LogP contribution in [0.2, 0.25) is 10.0 Å². The number of nitrogens with zero attached hydrogens (tertiary/aromatic N) is 1. The highest BCUT2D eigenvalue weighted by Gasteiger charge is 2.10. The zero-order valence-electron chi connectivity index (χ0n) is 8.45. The van der Waals surface area contributed by atoms with Crippen molar-refractivity contribution in [3.8, 4) is 0 Å². The van der Waals surface area contributed by atoms with Gasteiger partial charge in [0.1, 0.15) is 5.82 Å². The number of hydrogen-bond acceptors (Lipinski definition) is 2. The molecule has 0 aliphatic carbocycles. The molecule has 84 valence electrons. The summed E-state index contributed by atoms with van der Waals surface area (Å²) in [5.74, 6) is 0.860. The van der Waals surface area contributed by atoms with E-state index in [0.717, 1.165) is 11.4 Å². The molecule has 5 heteroatoms. The van der Waals surface area contributed by atoms with Crippen LogP contribution in [0.4, 0.5) is 0 Å². The number of H-pyrrole nitrogens is 1. The summed E-state index contributed by atoms with van der Waals surface area (Å²) >= 11 is 11.8. The highest BCUT2D eigenvalue weighted by Crippen LogP contribution is 2.25. The fourth-order valence-corrected chi connectivity index (χ4v) is 1.79. The molecule has 0 radical (unpaired) electrons. The van der Waals surface area contributed by atoms with Gasteiger partial charge in [0.05, 0.1) is 10.0 Å². The maximum Gasteiger partial charge on any atom is 0.107 e. The van der Waals surface area contributed by atoms with E-state index in [1.54, 1.807) is 24.5 Å². The quantitative estimate of drug-likeness (QED) is 0.886. The third-order valence-electron chi connectivity index (χ3n) is 2.34. The average Bonchev–Trinajstić information content (AvgIpc) is 2.74. The van der Waals surface area contributed by atoms with E-state index in [9.17, 15) is 0 Å². The van der Waals surface area contributed by atoms with Gasteiger partial charge < -0.3 is 10.7 Å². The summed E-state index contributed by atoms with van der Waals surface area (Å²) in [6.07, 6.45) is 4.12. The lowest BCUT2D eigenvalue weighted by Crippen LogP contribution is -2.14. The number of nitrogens with two attached hydrogens (primary N) is 1. The average molecular weight is 256 g/mol. The van der Waals surface area contributed by atoms with E-state index in [1.165, 1.54) is 0 Å². The summed E-state index contributed by atoms with van der Waals surface area (Å²) in [5, 5.41) is 1.06. The van der Waals surface area contributed by atoms with Gasteiger partial charge in [-0.1, -0.05) is 29.3 Å². The topological polar surface area (TPSA) is 54.7 Å². The molecule has 3 N–H and O–H groups in total. The standard InChI is InChI=1S/C11H11Cl2N3/c12-8-2-1-7(5-9(8)13)10(14)6-11-15-3-4-16-11/h1-5,10H,6,14H2,(H,15,16). The molecule has 0 saturated heterocycles. The lowest BCUT2D eigenvalue weighted by atomic mass is 10.0. The SMILES string of the molecule is NC(Cc1ncc[nH]1)c1ccc(Cl)c(Cl)c1. The van der Waals surface area contributed by atoms with Crippen molar-refractivity contribution in [1.29, 1.82) is 0 Å². The van der Waals surface area contributed by atoms with Crippen LogP contribution in [-0.4, -0.2) is 9.97 Å². The van der Waals surface area contributed by atoms with Crippen molar-refractivity contribution in [2.75, 3.05) is 0 Å². The first kappa shape index (κ1) is 11.5. The van der Waals surface area contributed by atoms with Crippen molar-refractivity contribution in [2.45, 2.75) is 12.5 Å². The molecule has 0 bridgehead atoms. The highest BCUT2D eigenvalue weighted by molar-refractivity contribution is 6.42. The third kappa shape index (κ3) is 2.55. The Hall–Kier alpha value is -1.03. The van der Waals surface area contributed by atoms with Crippen molar-refractivity contribution in [2.24, 2.45) is 5.73 Å². The Morgan fingerprint density at radius 1 is 1.31 bits per heavy atom. The minimum atomic E-state index is -0.138. The molecule has 16 heavy (non-hydrogen) atoms. The molecular formula is C11H11Cl2N3. The number of hydrogen-bond donors (Lipinski definition) is 2. The highest BCUT2D eigenvalue weighted by atomic mass is 35.5. The molecule has 2 rings (SSSR count). The van der Waals surface area contributed by atoms with Crippen LogP contribution in [0.5, 0.6) is 0 Å². The maximum absolute atomic E-state index is 6.04. The molecule has 1 heterocycles. The summed E-state index contributed by atoms with van der Waals surface area (Å²) in [6, 6.07) is 5.28. The largest absolute Gasteiger partial charge is 0.349 e. The molecular weight excluding hydrogens is 245 g/mol. The lowest BCUT2D eigenvalue weighted by Gasteiger charge is -2.11. The lowest BCUT2D eigenvalue weighted by molar-refractivity contribution is 0.694. The molecule has 0 spiro atoms. The van der Waals surface area contributed by atoms with Gasteiger partial charge in [0.2, 0.25) is 0 Å². The second kappa shape index (κ2) is 4.87. The van der Waals surface area contributed by atoms with E-state index in [2.05, 4.69) is 9.97 Å². The minimum Gasteiger partial charge on any atom is -0.349 e. The van der Waals surface area contributed by atoms with Crippen LogP contribution in [0.3, 0.4) is 0 Å². The van der Waals surface area contributed by atoms with Crippen molar-refractivity contribution in [1.82, 2.24) is 9.97 Å². The van der Waals surface area contributed by atoms with E-state index >= 15 is 0 Å². The van der Waals surface area contributed by atoms with E-state index < -0.39 is 0 Å². The Balaban J connectivity index is 2.14. The molecule has 0 aliphatic heterocycles. The summed E-state index contributed by atoms with van der Waals surface area (Å²) in [5.41, 5.74) is 6.99. The first-order valence-corrected chi connectivity index (χ1v) is 5.61. The van der Waals surface area contributed by atoms with Crippen LogP contribution in [-0.2, 0) is 6.42 Å². The molecule has 0 fully saturated rings. The molecule has 0 amide bonds. The van der Waals surface area contributed by atoms with E-state index in [1.807, 2.05) is 6.07 Å². The second-order valence-electron chi connectivity index (χ2n) is 3.52.